The number of hydrogen-bond donors (Lipinski definition) is 1. The molecule has 1 atom stereocenters. The minimum Gasteiger partial charge on any atom is -0.493 e. The van der Waals surface area contributed by atoms with Gasteiger partial charge in [0.1, 0.15) is 11.3 Å². The van der Waals surface area contributed by atoms with Crippen molar-refractivity contribution < 1.29 is 18.6 Å². The fourth-order valence-corrected chi connectivity index (χ4v) is 2.36. The summed E-state index contributed by atoms with van der Waals surface area (Å²) < 4.78 is 34.2. The quantitative estimate of drug-likeness (QED) is 0.943. The summed E-state index contributed by atoms with van der Waals surface area (Å²) in [5, 5.41) is 15.0. The predicted molar refractivity (Wildman–Crippen MR) is 74.2 cm³/mol. The molecule has 2 rings (SSSR count). The van der Waals surface area contributed by atoms with Crippen LogP contribution in [0.4, 0.5) is 8.78 Å². The lowest BCUT2D eigenvalue weighted by molar-refractivity contribution is 0.0820. The third-order valence-electron chi connectivity index (χ3n) is 3.41. The predicted octanol–water partition coefficient (Wildman–Crippen LogP) is 3.01. The second-order valence-electron chi connectivity index (χ2n) is 5.27. The Hall–Kier alpha value is -1.95. The number of methoxy groups -OCH3 is 1. The second-order valence-corrected chi connectivity index (χ2v) is 5.27. The van der Waals surface area contributed by atoms with E-state index in [9.17, 15) is 13.9 Å². The molecular formula is C15H18F2N2O2. The summed E-state index contributed by atoms with van der Waals surface area (Å²) in [7, 11) is 1.43. The van der Waals surface area contributed by atoms with E-state index in [0.29, 0.717) is 5.75 Å². The van der Waals surface area contributed by atoms with Crippen molar-refractivity contribution >= 4 is 0 Å². The van der Waals surface area contributed by atoms with Gasteiger partial charge in [-0.15, -0.1) is 0 Å². The van der Waals surface area contributed by atoms with Gasteiger partial charge in [0.15, 0.2) is 17.4 Å². The molecule has 0 saturated heterocycles. The molecule has 0 aliphatic carbocycles. The molecule has 1 aromatic carbocycles. The fourth-order valence-electron chi connectivity index (χ4n) is 2.36. The van der Waals surface area contributed by atoms with E-state index in [4.69, 9.17) is 4.74 Å². The molecule has 0 aliphatic heterocycles. The molecule has 0 spiro atoms. The van der Waals surface area contributed by atoms with Crippen LogP contribution < -0.4 is 4.74 Å². The normalized spacial score (nSPS) is 14.3. The van der Waals surface area contributed by atoms with Crippen LogP contribution in [0, 0.1) is 11.6 Å². The van der Waals surface area contributed by atoms with Crippen LogP contribution in [0.3, 0.4) is 0 Å². The third kappa shape index (κ3) is 2.51. The van der Waals surface area contributed by atoms with Crippen LogP contribution in [0.25, 0.3) is 0 Å². The molecule has 1 unspecified atom stereocenters. The number of rotatable bonds is 4. The lowest BCUT2D eigenvalue weighted by Gasteiger charge is -2.27. The topological polar surface area (TPSA) is 47.3 Å². The molecule has 0 saturated carbocycles. The molecule has 0 fully saturated rings. The maximum absolute atomic E-state index is 14.1. The molecule has 4 nitrogen and oxygen atoms in total. The Balaban J connectivity index is 2.68. The van der Waals surface area contributed by atoms with Crippen LogP contribution in [0.1, 0.15) is 38.1 Å². The minimum atomic E-state index is -1.78. The zero-order valence-corrected chi connectivity index (χ0v) is 12.4. The molecule has 1 heterocycles. The van der Waals surface area contributed by atoms with E-state index in [1.165, 1.54) is 37.0 Å². The highest BCUT2D eigenvalue weighted by molar-refractivity contribution is 5.40. The SMILES string of the molecule is COc1cnn(C(C)C)c1C(C)(O)c1cccc(F)c1F. The number of hydrogen-bond acceptors (Lipinski definition) is 3. The first-order chi connectivity index (χ1) is 9.80. The molecule has 1 aromatic heterocycles. The third-order valence-corrected chi connectivity index (χ3v) is 3.41. The van der Waals surface area contributed by atoms with Crippen LogP contribution in [-0.2, 0) is 5.60 Å². The average Bonchev–Trinajstić information content (AvgIpc) is 2.86. The maximum atomic E-state index is 14.1. The number of halogens is 2. The monoisotopic (exact) mass is 296 g/mol. The van der Waals surface area contributed by atoms with Crippen LogP contribution >= 0.6 is 0 Å². The number of ether oxygens (including phenoxy) is 1. The Labute approximate surface area is 122 Å². The Morgan fingerprint density at radius 2 is 2.00 bits per heavy atom. The van der Waals surface area contributed by atoms with E-state index >= 15 is 0 Å². The van der Waals surface area contributed by atoms with Crippen LogP contribution in [0.2, 0.25) is 0 Å². The summed E-state index contributed by atoms with van der Waals surface area (Å²) in [6.45, 7) is 5.13. The van der Waals surface area contributed by atoms with Crippen molar-refractivity contribution in [1.82, 2.24) is 9.78 Å². The standard InChI is InChI=1S/C15H18F2N2O2/c1-9(2)19-14(12(21-4)8-18-19)15(3,20)10-6-5-7-11(16)13(10)17/h5-9,20H,1-4H3. The van der Waals surface area contributed by atoms with Gasteiger partial charge in [-0.25, -0.2) is 8.78 Å². The van der Waals surface area contributed by atoms with Crippen molar-refractivity contribution in [3.8, 4) is 5.75 Å². The minimum absolute atomic E-state index is 0.0769. The highest BCUT2D eigenvalue weighted by Gasteiger charge is 2.37. The van der Waals surface area contributed by atoms with Gasteiger partial charge in [0.25, 0.3) is 0 Å². The number of aromatic nitrogens is 2. The van der Waals surface area contributed by atoms with Gasteiger partial charge >= 0.3 is 0 Å². The first-order valence-corrected chi connectivity index (χ1v) is 6.59. The zero-order chi connectivity index (χ0) is 15.8. The van der Waals surface area contributed by atoms with Gasteiger partial charge in [0.2, 0.25) is 0 Å². The van der Waals surface area contributed by atoms with E-state index in [1.807, 2.05) is 13.8 Å². The lowest BCUT2D eigenvalue weighted by Crippen LogP contribution is -2.29. The molecule has 2 aromatic rings. The molecule has 21 heavy (non-hydrogen) atoms. The molecule has 114 valence electrons. The van der Waals surface area contributed by atoms with Crippen LogP contribution in [-0.4, -0.2) is 22.0 Å². The molecule has 1 N–H and O–H groups in total. The summed E-state index contributed by atoms with van der Waals surface area (Å²) >= 11 is 0. The van der Waals surface area contributed by atoms with E-state index in [0.717, 1.165) is 6.07 Å². The lowest BCUT2D eigenvalue weighted by atomic mass is 9.91. The van der Waals surface area contributed by atoms with Crippen LogP contribution in [0.5, 0.6) is 5.75 Å². The largest absolute Gasteiger partial charge is 0.493 e. The smallest absolute Gasteiger partial charge is 0.165 e. The van der Waals surface area contributed by atoms with Gasteiger partial charge in [-0.05, 0) is 26.8 Å². The fraction of sp³-hybridized carbons (Fsp3) is 0.400. The van der Waals surface area contributed by atoms with Gasteiger partial charge in [0, 0.05) is 11.6 Å². The number of benzene rings is 1. The van der Waals surface area contributed by atoms with Crippen molar-refractivity contribution in [3.05, 3.63) is 47.3 Å². The van der Waals surface area contributed by atoms with Gasteiger partial charge in [-0.3, -0.25) is 4.68 Å². The number of nitrogens with zero attached hydrogens (tertiary/aromatic N) is 2. The van der Waals surface area contributed by atoms with Gasteiger partial charge in [0.05, 0.1) is 13.3 Å². The summed E-state index contributed by atoms with van der Waals surface area (Å²) in [5.41, 5.74) is -1.66. The van der Waals surface area contributed by atoms with Gasteiger partial charge in [-0.1, -0.05) is 12.1 Å². The van der Waals surface area contributed by atoms with E-state index < -0.39 is 17.2 Å². The second kappa shape index (κ2) is 5.44. The summed E-state index contributed by atoms with van der Waals surface area (Å²) in [5.74, 6) is -1.78. The van der Waals surface area contributed by atoms with Crippen molar-refractivity contribution in [2.24, 2.45) is 0 Å². The summed E-state index contributed by atoms with van der Waals surface area (Å²) in [6.07, 6.45) is 1.45. The Kier molecular flexibility index (Phi) is 4.00. The summed E-state index contributed by atoms with van der Waals surface area (Å²) in [6, 6.07) is 3.62. The Bertz CT molecular complexity index is 651. The Morgan fingerprint density at radius 3 is 2.57 bits per heavy atom. The molecule has 0 amide bonds. The first kappa shape index (κ1) is 15.4. The van der Waals surface area contributed by atoms with E-state index in [-0.39, 0.29) is 17.3 Å². The van der Waals surface area contributed by atoms with Crippen LogP contribution in [0.15, 0.2) is 24.4 Å². The first-order valence-electron chi connectivity index (χ1n) is 6.59. The molecule has 0 radical (unpaired) electrons. The molecule has 0 aliphatic rings. The molecule has 6 heteroatoms. The zero-order valence-electron chi connectivity index (χ0n) is 12.4. The van der Waals surface area contributed by atoms with Crippen molar-refractivity contribution in [2.75, 3.05) is 7.11 Å². The van der Waals surface area contributed by atoms with Gasteiger partial charge < -0.3 is 9.84 Å². The highest BCUT2D eigenvalue weighted by Crippen LogP contribution is 2.38. The highest BCUT2D eigenvalue weighted by atomic mass is 19.2. The average molecular weight is 296 g/mol. The van der Waals surface area contributed by atoms with Crippen molar-refractivity contribution in [1.29, 1.82) is 0 Å². The molecular weight excluding hydrogens is 278 g/mol. The van der Waals surface area contributed by atoms with E-state index in [2.05, 4.69) is 5.10 Å². The maximum Gasteiger partial charge on any atom is 0.165 e. The van der Waals surface area contributed by atoms with E-state index in [1.54, 1.807) is 0 Å². The van der Waals surface area contributed by atoms with Crippen molar-refractivity contribution in [2.45, 2.75) is 32.4 Å². The Morgan fingerprint density at radius 1 is 1.33 bits per heavy atom. The van der Waals surface area contributed by atoms with Gasteiger partial charge in [-0.2, -0.15) is 5.10 Å². The number of aliphatic hydroxyl groups is 1. The summed E-state index contributed by atoms with van der Waals surface area (Å²) in [4.78, 5) is 0. The van der Waals surface area contributed by atoms with Crippen molar-refractivity contribution in [3.63, 3.8) is 0 Å². The molecule has 0 bridgehead atoms.